The monoisotopic (exact) mass is 486 g/mol. The second kappa shape index (κ2) is 11.7. The normalized spacial score (nSPS) is 12.3. The molecule has 0 amide bonds. The Hall–Kier alpha value is -1.90. The van der Waals surface area contributed by atoms with Crippen molar-refractivity contribution in [2.45, 2.75) is 33.4 Å². The van der Waals surface area contributed by atoms with Gasteiger partial charge in [0, 0.05) is 13.2 Å². The smallest absolute Gasteiger partial charge is 0.191 e. The maximum absolute atomic E-state index is 13.6. The van der Waals surface area contributed by atoms with E-state index in [1.165, 1.54) is 6.07 Å². The molecule has 7 heteroatoms. The van der Waals surface area contributed by atoms with Crippen molar-refractivity contribution >= 4 is 29.9 Å². The number of ether oxygens (including phenoxy) is 1. The van der Waals surface area contributed by atoms with Gasteiger partial charge in [0.2, 0.25) is 0 Å². The largest absolute Gasteiger partial charge is 0.493 e. The van der Waals surface area contributed by atoms with Gasteiger partial charge in [-0.05, 0) is 42.7 Å². The Bertz CT molecular complexity index is 722. The standard InChI is InChI=1S/C20H27FN4O.HI/c1-14(2)13-26-17-9-7-16(8-10-17)15(3)25-20(22-4)24-12-19-18(21)6-5-11-23-19;/h5-11,14-15H,12-13H2,1-4H3,(H2,22,24,25);1H. The van der Waals surface area contributed by atoms with Gasteiger partial charge in [-0.2, -0.15) is 0 Å². The molecule has 2 rings (SSSR count). The van der Waals surface area contributed by atoms with Crippen molar-refractivity contribution in [1.29, 1.82) is 0 Å². The van der Waals surface area contributed by atoms with Crippen LogP contribution in [0.2, 0.25) is 0 Å². The van der Waals surface area contributed by atoms with E-state index in [-0.39, 0.29) is 42.4 Å². The van der Waals surface area contributed by atoms with Gasteiger partial charge < -0.3 is 15.4 Å². The van der Waals surface area contributed by atoms with E-state index in [2.05, 4.69) is 34.5 Å². The molecular weight excluding hydrogens is 458 g/mol. The maximum Gasteiger partial charge on any atom is 0.191 e. The topological polar surface area (TPSA) is 58.5 Å². The molecule has 0 bridgehead atoms. The molecule has 1 aromatic heterocycles. The number of aliphatic imine (C=N–C) groups is 1. The molecule has 1 heterocycles. The molecule has 27 heavy (non-hydrogen) atoms. The Balaban J connectivity index is 0.00000364. The van der Waals surface area contributed by atoms with Gasteiger partial charge >= 0.3 is 0 Å². The van der Waals surface area contributed by atoms with Crippen molar-refractivity contribution < 1.29 is 9.13 Å². The molecular formula is C20H28FIN4O. The molecule has 1 atom stereocenters. The highest BCUT2D eigenvalue weighted by Crippen LogP contribution is 2.18. The van der Waals surface area contributed by atoms with Crippen LogP contribution >= 0.6 is 24.0 Å². The lowest BCUT2D eigenvalue weighted by Crippen LogP contribution is -2.38. The van der Waals surface area contributed by atoms with E-state index in [9.17, 15) is 4.39 Å². The Morgan fingerprint density at radius 2 is 1.89 bits per heavy atom. The third-order valence-electron chi connectivity index (χ3n) is 3.80. The lowest BCUT2D eigenvalue weighted by Gasteiger charge is -2.19. The Kier molecular flexibility index (Phi) is 10.1. The molecule has 0 aliphatic rings. The summed E-state index contributed by atoms with van der Waals surface area (Å²) in [6.07, 6.45) is 1.57. The average molecular weight is 486 g/mol. The number of aromatic nitrogens is 1. The fourth-order valence-electron chi connectivity index (χ4n) is 2.31. The van der Waals surface area contributed by atoms with Crippen LogP contribution in [0.3, 0.4) is 0 Å². The summed E-state index contributed by atoms with van der Waals surface area (Å²) < 4.78 is 19.4. The van der Waals surface area contributed by atoms with Crippen LogP contribution in [0.4, 0.5) is 4.39 Å². The fourth-order valence-corrected chi connectivity index (χ4v) is 2.31. The zero-order valence-electron chi connectivity index (χ0n) is 16.2. The van der Waals surface area contributed by atoms with Gasteiger partial charge in [-0.25, -0.2) is 4.39 Å². The van der Waals surface area contributed by atoms with Crippen molar-refractivity contribution in [2.75, 3.05) is 13.7 Å². The van der Waals surface area contributed by atoms with Gasteiger partial charge in [0.1, 0.15) is 11.6 Å². The Labute approximate surface area is 177 Å². The van der Waals surface area contributed by atoms with E-state index >= 15 is 0 Å². The molecule has 0 saturated heterocycles. The highest BCUT2D eigenvalue weighted by Gasteiger charge is 2.09. The summed E-state index contributed by atoms with van der Waals surface area (Å²) in [4.78, 5) is 8.21. The summed E-state index contributed by atoms with van der Waals surface area (Å²) in [7, 11) is 1.68. The number of rotatable bonds is 7. The van der Waals surface area contributed by atoms with Crippen molar-refractivity contribution in [2.24, 2.45) is 10.9 Å². The number of nitrogens with one attached hydrogen (secondary N) is 2. The van der Waals surface area contributed by atoms with Gasteiger partial charge in [-0.3, -0.25) is 9.98 Å². The zero-order chi connectivity index (χ0) is 18.9. The molecule has 0 radical (unpaired) electrons. The highest BCUT2D eigenvalue weighted by atomic mass is 127. The quantitative estimate of drug-likeness (QED) is 0.348. The summed E-state index contributed by atoms with van der Waals surface area (Å²) in [6.45, 7) is 7.25. The third kappa shape index (κ3) is 7.70. The summed E-state index contributed by atoms with van der Waals surface area (Å²) in [6, 6.07) is 11.0. The third-order valence-corrected chi connectivity index (χ3v) is 3.80. The van der Waals surface area contributed by atoms with Gasteiger partial charge in [0.25, 0.3) is 0 Å². The highest BCUT2D eigenvalue weighted by molar-refractivity contribution is 14.0. The second-order valence-electron chi connectivity index (χ2n) is 6.50. The number of guanidine groups is 1. The minimum atomic E-state index is -0.333. The van der Waals surface area contributed by atoms with Crippen molar-refractivity contribution in [3.8, 4) is 5.75 Å². The van der Waals surface area contributed by atoms with Crippen LogP contribution in [0.25, 0.3) is 0 Å². The Morgan fingerprint density at radius 3 is 2.48 bits per heavy atom. The van der Waals surface area contributed by atoms with Crippen LogP contribution in [0.5, 0.6) is 5.75 Å². The predicted octanol–water partition coefficient (Wildman–Crippen LogP) is 4.30. The number of benzene rings is 1. The predicted molar refractivity (Wildman–Crippen MR) is 118 cm³/mol. The summed E-state index contributed by atoms with van der Waals surface area (Å²) >= 11 is 0. The van der Waals surface area contributed by atoms with E-state index < -0.39 is 0 Å². The number of nitrogens with zero attached hydrogens (tertiary/aromatic N) is 2. The molecule has 1 unspecified atom stereocenters. The zero-order valence-corrected chi connectivity index (χ0v) is 18.5. The summed E-state index contributed by atoms with van der Waals surface area (Å²) in [5.41, 5.74) is 1.46. The van der Waals surface area contributed by atoms with Gasteiger partial charge in [0.15, 0.2) is 5.96 Å². The summed E-state index contributed by atoms with van der Waals surface area (Å²) in [5.74, 6) is 1.61. The van der Waals surface area contributed by atoms with Crippen LogP contribution in [-0.2, 0) is 6.54 Å². The minimum Gasteiger partial charge on any atom is -0.493 e. The first kappa shape index (κ1) is 23.1. The van der Waals surface area contributed by atoms with Gasteiger partial charge in [-0.15, -0.1) is 24.0 Å². The van der Waals surface area contributed by atoms with Gasteiger partial charge in [0.05, 0.1) is 24.9 Å². The number of hydrogen-bond acceptors (Lipinski definition) is 3. The Morgan fingerprint density at radius 1 is 1.19 bits per heavy atom. The molecule has 2 N–H and O–H groups in total. The van der Waals surface area contributed by atoms with Crippen LogP contribution in [0.15, 0.2) is 47.6 Å². The van der Waals surface area contributed by atoms with E-state index in [0.29, 0.717) is 24.2 Å². The number of halogens is 2. The lowest BCUT2D eigenvalue weighted by atomic mass is 10.1. The first-order chi connectivity index (χ1) is 12.5. The van der Waals surface area contributed by atoms with Crippen LogP contribution in [0, 0.1) is 11.7 Å². The first-order valence-corrected chi connectivity index (χ1v) is 8.79. The SMILES string of the molecule is CN=C(NCc1ncccc1F)NC(C)c1ccc(OCC(C)C)cc1.I. The van der Waals surface area contributed by atoms with Gasteiger partial charge in [-0.1, -0.05) is 26.0 Å². The maximum atomic E-state index is 13.6. The van der Waals surface area contributed by atoms with E-state index in [0.717, 1.165) is 11.3 Å². The summed E-state index contributed by atoms with van der Waals surface area (Å²) in [5, 5.41) is 6.37. The van der Waals surface area contributed by atoms with Crippen molar-refractivity contribution in [3.63, 3.8) is 0 Å². The van der Waals surface area contributed by atoms with E-state index in [4.69, 9.17) is 4.74 Å². The molecule has 0 aliphatic carbocycles. The first-order valence-electron chi connectivity index (χ1n) is 8.79. The average Bonchev–Trinajstić information content (AvgIpc) is 2.64. The van der Waals surface area contributed by atoms with Crippen molar-refractivity contribution in [3.05, 3.63) is 59.7 Å². The molecule has 2 aromatic rings. The molecule has 5 nitrogen and oxygen atoms in total. The molecule has 0 saturated carbocycles. The number of pyridine rings is 1. The van der Waals surface area contributed by atoms with Crippen LogP contribution in [0.1, 0.15) is 38.1 Å². The molecule has 0 aliphatic heterocycles. The fraction of sp³-hybridized carbons (Fsp3) is 0.400. The molecule has 0 fully saturated rings. The molecule has 1 aromatic carbocycles. The van der Waals surface area contributed by atoms with Crippen LogP contribution < -0.4 is 15.4 Å². The lowest BCUT2D eigenvalue weighted by molar-refractivity contribution is 0.271. The van der Waals surface area contributed by atoms with Crippen molar-refractivity contribution in [1.82, 2.24) is 15.6 Å². The minimum absolute atomic E-state index is 0. The number of hydrogen-bond donors (Lipinski definition) is 2. The second-order valence-corrected chi connectivity index (χ2v) is 6.50. The van der Waals surface area contributed by atoms with E-state index in [1.807, 2.05) is 31.2 Å². The molecule has 148 valence electrons. The molecule has 0 spiro atoms. The van der Waals surface area contributed by atoms with E-state index in [1.54, 1.807) is 19.3 Å². The van der Waals surface area contributed by atoms with Crippen LogP contribution in [-0.4, -0.2) is 24.6 Å².